The molecule has 2 atom stereocenters. The number of nitrogens with one attached hydrogen (secondary N) is 4. The number of carbonyl (C=O) groups excluding carboxylic acids is 2. The van der Waals surface area contributed by atoms with Crippen LogP contribution >= 0.6 is 23.3 Å². The fraction of sp³-hybridized carbons (Fsp3) is 0.421. The van der Waals surface area contributed by atoms with Crippen molar-refractivity contribution in [1.29, 1.82) is 0 Å². The normalized spacial score (nSPS) is 22.3. The number of nitrogens with zero attached hydrogens (tertiary/aromatic N) is 4. The van der Waals surface area contributed by atoms with E-state index in [1.807, 2.05) is 31.0 Å². The molecule has 13 heteroatoms. The first kappa shape index (κ1) is 22.1. The number of amides is 3. The van der Waals surface area contributed by atoms with Gasteiger partial charge in [0.2, 0.25) is 0 Å². The first-order valence-corrected chi connectivity index (χ1v) is 11.8. The zero-order valence-electron chi connectivity index (χ0n) is 17.7. The Labute approximate surface area is 193 Å². The molecule has 1 unspecified atom stereocenters. The Morgan fingerprint density at radius 2 is 2.19 bits per heavy atom. The van der Waals surface area contributed by atoms with Crippen molar-refractivity contribution in [2.75, 3.05) is 28.6 Å². The second-order valence-corrected chi connectivity index (χ2v) is 10.3. The molecule has 170 valence electrons. The van der Waals surface area contributed by atoms with Crippen LogP contribution in [0.15, 0.2) is 24.7 Å². The second-order valence-electron chi connectivity index (χ2n) is 7.73. The highest BCUT2D eigenvalue weighted by Crippen LogP contribution is 2.31. The van der Waals surface area contributed by atoms with Crippen molar-refractivity contribution >= 4 is 52.0 Å². The highest BCUT2D eigenvalue weighted by atomic mass is 32.2. The molecule has 0 radical (unpaired) electrons. The lowest BCUT2D eigenvalue weighted by Crippen LogP contribution is -2.49. The Morgan fingerprint density at radius 3 is 2.88 bits per heavy atom. The maximum absolute atomic E-state index is 12.4. The van der Waals surface area contributed by atoms with E-state index >= 15 is 0 Å². The minimum atomic E-state index is -0.651. The first-order valence-electron chi connectivity index (χ1n) is 10.1. The van der Waals surface area contributed by atoms with Gasteiger partial charge in [-0.2, -0.15) is 0 Å². The van der Waals surface area contributed by atoms with Crippen LogP contribution in [-0.2, 0) is 0 Å². The first-order chi connectivity index (χ1) is 15.3. The van der Waals surface area contributed by atoms with Crippen LogP contribution in [0.5, 0.6) is 0 Å². The van der Waals surface area contributed by atoms with Gasteiger partial charge in [-0.05, 0) is 44.7 Å². The van der Waals surface area contributed by atoms with E-state index in [1.165, 1.54) is 23.3 Å². The zero-order chi connectivity index (χ0) is 22.7. The quantitative estimate of drug-likeness (QED) is 0.395. The summed E-state index contributed by atoms with van der Waals surface area (Å²) >= 11 is 2.87. The molecule has 2 aromatic rings. The van der Waals surface area contributed by atoms with Gasteiger partial charge in [0, 0.05) is 36.4 Å². The number of nitrogens with two attached hydrogens (primary N) is 1. The van der Waals surface area contributed by atoms with Gasteiger partial charge in [-0.1, -0.05) is 0 Å². The lowest BCUT2D eigenvalue weighted by molar-refractivity contribution is 0.0996. The number of anilines is 3. The summed E-state index contributed by atoms with van der Waals surface area (Å²) in [6.07, 6.45) is 8.74. The van der Waals surface area contributed by atoms with E-state index in [1.54, 1.807) is 12.4 Å². The molecule has 3 amide bonds. The van der Waals surface area contributed by atoms with Gasteiger partial charge in [-0.3, -0.25) is 10.1 Å². The molecular formula is C19H25N9O2S2. The predicted molar refractivity (Wildman–Crippen MR) is 127 cm³/mol. The summed E-state index contributed by atoms with van der Waals surface area (Å²) in [4.78, 5) is 39.9. The summed E-state index contributed by atoms with van der Waals surface area (Å²) in [5.41, 5.74) is 5.59. The van der Waals surface area contributed by atoms with E-state index in [2.05, 4.69) is 35.6 Å². The Morgan fingerprint density at radius 1 is 1.34 bits per heavy atom. The average Bonchev–Trinajstić information content (AvgIpc) is 3.35. The number of rotatable bonds is 6. The minimum absolute atomic E-state index is 0.0612. The van der Waals surface area contributed by atoms with Crippen LogP contribution in [-0.4, -0.2) is 50.9 Å². The lowest BCUT2D eigenvalue weighted by Gasteiger charge is -2.34. The van der Waals surface area contributed by atoms with E-state index < -0.39 is 10.8 Å². The highest BCUT2D eigenvalue weighted by Gasteiger charge is 2.29. The van der Waals surface area contributed by atoms with Crippen molar-refractivity contribution in [2.24, 2.45) is 5.73 Å². The molecule has 6 N–H and O–H groups in total. The van der Waals surface area contributed by atoms with E-state index in [4.69, 9.17) is 5.73 Å². The largest absolute Gasteiger partial charge is 0.364 e. The third-order valence-corrected chi connectivity index (χ3v) is 6.77. The summed E-state index contributed by atoms with van der Waals surface area (Å²) < 4.78 is 3.05. The maximum atomic E-state index is 12.4. The molecule has 11 nitrogen and oxygen atoms in total. The Bertz CT molecular complexity index is 1040. The smallest absolute Gasteiger partial charge is 0.321 e. The summed E-state index contributed by atoms with van der Waals surface area (Å²) in [7, 11) is 0. The fourth-order valence-electron chi connectivity index (χ4n) is 3.52. The third-order valence-electron chi connectivity index (χ3n) is 5.02. The van der Waals surface area contributed by atoms with Gasteiger partial charge in [0.05, 0.1) is 6.20 Å². The molecule has 2 aromatic heterocycles. The number of aromatic nitrogens is 3. The lowest BCUT2D eigenvalue weighted by atomic mass is 10.1. The Hall–Kier alpha value is -3.06. The summed E-state index contributed by atoms with van der Waals surface area (Å²) in [6.45, 7) is 5.23. The number of urea groups is 1. The molecule has 0 bridgehead atoms. The molecule has 0 aliphatic carbocycles. The van der Waals surface area contributed by atoms with Gasteiger partial charge in [0.1, 0.15) is 10.7 Å². The number of piperidine rings is 1. The molecule has 32 heavy (non-hydrogen) atoms. The molecule has 0 saturated carbocycles. The molecule has 2 aliphatic rings. The van der Waals surface area contributed by atoms with Crippen molar-refractivity contribution in [3.63, 3.8) is 0 Å². The SMILES string of the molecule is Cc1cnc(NC(=O)N[C@@H]2CCCN(c3cnc(C(N)=O)c(NC4(C)C=CNS4)n3)C2)s1. The van der Waals surface area contributed by atoms with Crippen LogP contribution in [0, 0.1) is 6.92 Å². The third kappa shape index (κ3) is 5.22. The van der Waals surface area contributed by atoms with E-state index in [9.17, 15) is 9.59 Å². The number of hydrogen-bond donors (Lipinski definition) is 5. The fourth-order valence-corrected chi connectivity index (χ4v) is 4.84. The van der Waals surface area contributed by atoms with Crippen LogP contribution in [0.4, 0.5) is 21.6 Å². The molecule has 1 saturated heterocycles. The van der Waals surface area contributed by atoms with E-state index in [0.717, 1.165) is 24.3 Å². The summed E-state index contributed by atoms with van der Waals surface area (Å²) in [5.74, 6) is 0.288. The van der Waals surface area contributed by atoms with Gasteiger partial charge in [-0.25, -0.2) is 19.7 Å². The predicted octanol–water partition coefficient (Wildman–Crippen LogP) is 2.02. The van der Waals surface area contributed by atoms with Crippen molar-refractivity contribution in [1.82, 2.24) is 25.0 Å². The minimum Gasteiger partial charge on any atom is -0.364 e. The molecule has 1 fully saturated rings. The van der Waals surface area contributed by atoms with Gasteiger partial charge < -0.3 is 26.0 Å². The maximum Gasteiger partial charge on any atom is 0.321 e. The van der Waals surface area contributed by atoms with Crippen LogP contribution in [0.1, 0.15) is 35.1 Å². The van der Waals surface area contributed by atoms with E-state index in [0.29, 0.717) is 23.3 Å². The van der Waals surface area contributed by atoms with Crippen LogP contribution in [0.2, 0.25) is 0 Å². The molecule has 0 aromatic carbocycles. The van der Waals surface area contributed by atoms with Crippen molar-refractivity contribution in [2.45, 2.75) is 37.6 Å². The highest BCUT2D eigenvalue weighted by molar-refractivity contribution is 7.99. The van der Waals surface area contributed by atoms with Crippen molar-refractivity contribution < 1.29 is 9.59 Å². The molecule has 4 rings (SSSR count). The summed E-state index contributed by atoms with van der Waals surface area (Å²) in [5, 5.41) is 9.59. The van der Waals surface area contributed by atoms with Crippen LogP contribution in [0.25, 0.3) is 0 Å². The number of thiazole rings is 1. The van der Waals surface area contributed by atoms with Crippen molar-refractivity contribution in [3.05, 3.63) is 35.2 Å². The topological polar surface area (TPSA) is 150 Å². The summed E-state index contributed by atoms with van der Waals surface area (Å²) in [6, 6.07) is -0.344. The van der Waals surface area contributed by atoms with Crippen LogP contribution < -0.4 is 31.3 Å². The standard InChI is InChI=1S/C19H25N9O2S2/c1-11-8-22-18(31-11)26-17(30)24-12-4-3-7-28(10-12)13-9-21-14(15(20)29)16(25-13)27-19(2)5-6-23-32-19/h5-6,8-9,12,23H,3-4,7,10H2,1-2H3,(H2,20,29)(H,25,27)(H2,22,24,26,30)/t12-,19?/m1/s1. The van der Waals surface area contributed by atoms with Gasteiger partial charge >= 0.3 is 6.03 Å². The Kier molecular flexibility index (Phi) is 6.37. The Balaban J connectivity index is 1.45. The van der Waals surface area contributed by atoms with Gasteiger partial charge in [0.15, 0.2) is 16.6 Å². The van der Waals surface area contributed by atoms with Gasteiger partial charge in [0.25, 0.3) is 5.91 Å². The second kappa shape index (κ2) is 9.20. The molecule has 0 spiro atoms. The monoisotopic (exact) mass is 475 g/mol. The van der Waals surface area contributed by atoms with Crippen molar-refractivity contribution in [3.8, 4) is 0 Å². The van der Waals surface area contributed by atoms with Crippen LogP contribution in [0.3, 0.4) is 0 Å². The molecule has 2 aliphatic heterocycles. The number of hydrogen-bond acceptors (Lipinski definition) is 10. The number of carbonyl (C=O) groups is 2. The zero-order valence-corrected chi connectivity index (χ0v) is 19.3. The van der Waals surface area contributed by atoms with E-state index in [-0.39, 0.29) is 17.8 Å². The average molecular weight is 476 g/mol. The number of aryl methyl sites for hydroxylation is 1. The molecule has 4 heterocycles. The number of primary amides is 1. The molecular weight excluding hydrogens is 450 g/mol. The van der Waals surface area contributed by atoms with Gasteiger partial charge in [-0.15, -0.1) is 11.3 Å².